The molecule has 0 aliphatic rings. The van der Waals surface area contributed by atoms with Crippen molar-refractivity contribution in [2.45, 2.75) is 45.6 Å². The Morgan fingerprint density at radius 3 is 2.24 bits per heavy atom. The number of alkyl carbamates (subject to hydrolysis) is 1. The summed E-state index contributed by atoms with van der Waals surface area (Å²) in [6, 6.07) is 1.55. The van der Waals surface area contributed by atoms with E-state index in [1.807, 2.05) is 0 Å². The average Bonchev–Trinajstić information content (AvgIpc) is 3.31. The summed E-state index contributed by atoms with van der Waals surface area (Å²) in [5, 5.41) is 10.4. The molecule has 0 fully saturated rings. The fourth-order valence-corrected chi connectivity index (χ4v) is 3.00. The third kappa shape index (κ3) is 9.66. The third-order valence-corrected chi connectivity index (χ3v) is 4.68. The molecule has 2 aromatic rings. The zero-order valence-corrected chi connectivity index (χ0v) is 21.8. The number of anilines is 3. The van der Waals surface area contributed by atoms with E-state index in [2.05, 4.69) is 31.0 Å². The molecule has 2 aromatic heterocycles. The van der Waals surface area contributed by atoms with Gasteiger partial charge in [0, 0.05) is 51.9 Å². The van der Waals surface area contributed by atoms with Crippen LogP contribution in [0.3, 0.4) is 0 Å². The third-order valence-electron chi connectivity index (χ3n) is 4.68. The lowest BCUT2D eigenvalue weighted by atomic mass is 10.2. The summed E-state index contributed by atoms with van der Waals surface area (Å²) in [5.74, 6) is -1.19. The molecule has 0 atom stereocenters. The van der Waals surface area contributed by atoms with E-state index in [1.54, 1.807) is 51.7 Å². The van der Waals surface area contributed by atoms with Crippen LogP contribution in [0.1, 0.15) is 50.7 Å². The Kier molecular flexibility index (Phi) is 9.80. The Morgan fingerprint density at radius 2 is 1.59 bits per heavy atom. The molecule has 4 amide bonds. The lowest BCUT2D eigenvalue weighted by Crippen LogP contribution is -2.34. The van der Waals surface area contributed by atoms with Crippen LogP contribution in [0.4, 0.5) is 22.1 Å². The van der Waals surface area contributed by atoms with Crippen LogP contribution in [0.15, 0.2) is 18.5 Å². The van der Waals surface area contributed by atoms with Crippen LogP contribution in [-0.2, 0) is 38.0 Å². The van der Waals surface area contributed by atoms with Crippen molar-refractivity contribution >= 4 is 47.1 Å². The van der Waals surface area contributed by atoms with Crippen molar-refractivity contribution in [2.24, 2.45) is 14.1 Å². The van der Waals surface area contributed by atoms with Gasteiger partial charge in [0.05, 0.1) is 19.2 Å². The van der Waals surface area contributed by atoms with Gasteiger partial charge in [0.25, 0.3) is 5.91 Å². The number of nitrogens with one attached hydrogen (secondary N) is 4. The molecule has 2 rings (SSSR count). The van der Waals surface area contributed by atoms with Crippen LogP contribution < -0.4 is 21.3 Å². The predicted molar refractivity (Wildman–Crippen MR) is 134 cm³/mol. The van der Waals surface area contributed by atoms with E-state index >= 15 is 0 Å². The standard InChI is InChI=1S/C23H33N7O7/c1-23(2,3)37-22(35)24-10-9-18(32)26-15-13-30(5)20(27-15)21(34)25-14-11-16(29(4)12-14)28-17(31)7-8-19(33)36-6/h11-13H,7-10H2,1-6H3,(H,24,35)(H,25,34)(H,26,32)(H,28,31). The second-order valence-corrected chi connectivity index (χ2v) is 9.09. The fraction of sp³-hybridized carbons (Fsp3) is 0.478. The molecule has 14 heteroatoms. The maximum atomic E-state index is 12.7. The Morgan fingerprint density at radius 1 is 0.919 bits per heavy atom. The van der Waals surface area contributed by atoms with Gasteiger partial charge in [-0.1, -0.05) is 0 Å². The van der Waals surface area contributed by atoms with Crippen LogP contribution in [0, 0.1) is 0 Å². The lowest BCUT2D eigenvalue weighted by Gasteiger charge is -2.19. The van der Waals surface area contributed by atoms with Crippen LogP contribution in [0.25, 0.3) is 0 Å². The predicted octanol–water partition coefficient (Wildman–Crippen LogP) is 1.76. The molecule has 0 saturated heterocycles. The fourth-order valence-electron chi connectivity index (χ4n) is 3.00. The molecule has 37 heavy (non-hydrogen) atoms. The number of imidazole rings is 1. The number of rotatable bonds is 10. The molecule has 0 saturated carbocycles. The normalized spacial score (nSPS) is 10.9. The molecule has 0 aliphatic carbocycles. The maximum Gasteiger partial charge on any atom is 0.407 e. The van der Waals surface area contributed by atoms with Gasteiger partial charge < -0.3 is 39.9 Å². The van der Waals surface area contributed by atoms with Crippen molar-refractivity contribution in [3.8, 4) is 0 Å². The van der Waals surface area contributed by atoms with Gasteiger partial charge in [-0.15, -0.1) is 0 Å². The first-order valence-electron chi connectivity index (χ1n) is 11.4. The molecule has 0 radical (unpaired) electrons. The summed E-state index contributed by atoms with van der Waals surface area (Å²) in [6.45, 7) is 5.27. The summed E-state index contributed by atoms with van der Waals surface area (Å²) in [6.07, 6.45) is 2.34. The number of esters is 1. The van der Waals surface area contributed by atoms with E-state index in [0.717, 1.165) is 0 Å². The maximum absolute atomic E-state index is 12.7. The van der Waals surface area contributed by atoms with Gasteiger partial charge >= 0.3 is 12.1 Å². The number of nitrogens with zero attached hydrogens (tertiary/aromatic N) is 3. The highest BCUT2D eigenvalue weighted by atomic mass is 16.6. The molecular formula is C23H33N7O7. The largest absolute Gasteiger partial charge is 0.469 e. The van der Waals surface area contributed by atoms with E-state index in [1.165, 1.54) is 17.9 Å². The topological polar surface area (TPSA) is 175 Å². The number of hydrogen-bond donors (Lipinski definition) is 4. The van der Waals surface area contributed by atoms with E-state index in [-0.39, 0.29) is 43.4 Å². The van der Waals surface area contributed by atoms with E-state index in [9.17, 15) is 24.0 Å². The Hall–Kier alpha value is -4.36. The van der Waals surface area contributed by atoms with Gasteiger partial charge in [0.2, 0.25) is 17.6 Å². The molecule has 0 spiro atoms. The molecule has 14 nitrogen and oxygen atoms in total. The number of carbonyl (C=O) groups excluding carboxylic acids is 5. The van der Waals surface area contributed by atoms with E-state index in [4.69, 9.17) is 4.74 Å². The van der Waals surface area contributed by atoms with Gasteiger partial charge in [-0.25, -0.2) is 9.78 Å². The second kappa shape index (κ2) is 12.6. The number of amides is 4. The van der Waals surface area contributed by atoms with Crippen molar-refractivity contribution in [1.82, 2.24) is 19.4 Å². The highest BCUT2D eigenvalue weighted by molar-refractivity contribution is 6.03. The summed E-state index contributed by atoms with van der Waals surface area (Å²) in [4.78, 5) is 63.9. The Balaban J connectivity index is 1.89. The lowest BCUT2D eigenvalue weighted by molar-refractivity contribution is -0.141. The molecule has 202 valence electrons. The first-order valence-corrected chi connectivity index (χ1v) is 11.4. The minimum atomic E-state index is -0.641. The Labute approximate surface area is 214 Å². The molecule has 0 aromatic carbocycles. The van der Waals surface area contributed by atoms with E-state index in [0.29, 0.717) is 11.5 Å². The van der Waals surface area contributed by atoms with Crippen molar-refractivity contribution in [3.05, 3.63) is 24.3 Å². The number of hydrogen-bond acceptors (Lipinski definition) is 8. The minimum absolute atomic E-state index is 0.0184. The molecule has 0 aliphatic heterocycles. The van der Waals surface area contributed by atoms with Gasteiger partial charge in [0.1, 0.15) is 11.4 Å². The minimum Gasteiger partial charge on any atom is -0.469 e. The Bertz CT molecular complexity index is 1160. The first-order chi connectivity index (χ1) is 17.3. The van der Waals surface area contributed by atoms with Gasteiger partial charge in [-0.3, -0.25) is 19.2 Å². The smallest absolute Gasteiger partial charge is 0.407 e. The monoisotopic (exact) mass is 519 g/mol. The molecule has 0 unspecified atom stereocenters. The highest BCUT2D eigenvalue weighted by Gasteiger charge is 2.18. The zero-order valence-electron chi connectivity index (χ0n) is 21.8. The second-order valence-electron chi connectivity index (χ2n) is 9.09. The zero-order chi connectivity index (χ0) is 27.8. The number of methoxy groups -OCH3 is 1. The SMILES string of the molecule is COC(=O)CCC(=O)Nc1cc(NC(=O)c2nc(NC(=O)CCNC(=O)OC(C)(C)C)cn2C)cn1C. The molecule has 0 bridgehead atoms. The first kappa shape index (κ1) is 28.9. The van der Waals surface area contributed by atoms with Gasteiger partial charge in [-0.05, 0) is 20.8 Å². The number of ether oxygens (including phenoxy) is 2. The summed E-state index contributed by atoms with van der Waals surface area (Å²) >= 11 is 0. The van der Waals surface area contributed by atoms with Gasteiger partial charge in [0.15, 0.2) is 5.82 Å². The van der Waals surface area contributed by atoms with Crippen molar-refractivity contribution in [1.29, 1.82) is 0 Å². The van der Waals surface area contributed by atoms with Crippen LogP contribution in [0.2, 0.25) is 0 Å². The number of aryl methyl sites for hydroxylation is 2. The van der Waals surface area contributed by atoms with E-state index < -0.39 is 29.5 Å². The summed E-state index contributed by atoms with van der Waals surface area (Å²) < 4.78 is 12.7. The van der Waals surface area contributed by atoms with Crippen molar-refractivity contribution in [3.63, 3.8) is 0 Å². The average molecular weight is 520 g/mol. The number of aromatic nitrogens is 3. The van der Waals surface area contributed by atoms with Crippen LogP contribution in [-0.4, -0.2) is 63.2 Å². The van der Waals surface area contributed by atoms with Crippen LogP contribution >= 0.6 is 0 Å². The summed E-state index contributed by atoms with van der Waals surface area (Å²) in [5.41, 5.74) is -0.240. The summed E-state index contributed by atoms with van der Waals surface area (Å²) in [7, 11) is 4.52. The molecule has 2 heterocycles. The molecular weight excluding hydrogens is 486 g/mol. The quantitative estimate of drug-likeness (QED) is 0.343. The van der Waals surface area contributed by atoms with Crippen LogP contribution in [0.5, 0.6) is 0 Å². The van der Waals surface area contributed by atoms with Crippen molar-refractivity contribution < 1.29 is 33.4 Å². The highest BCUT2D eigenvalue weighted by Crippen LogP contribution is 2.19. The molecule has 4 N–H and O–H groups in total. The van der Waals surface area contributed by atoms with Gasteiger partial charge in [-0.2, -0.15) is 0 Å². The van der Waals surface area contributed by atoms with Crippen molar-refractivity contribution in [2.75, 3.05) is 29.6 Å². The number of carbonyl (C=O) groups is 5.